The minimum Gasteiger partial charge on any atom is -0.515 e. The Morgan fingerprint density at radius 2 is 2.18 bits per heavy atom. The van der Waals surface area contributed by atoms with E-state index in [4.69, 9.17) is 10.0 Å². The van der Waals surface area contributed by atoms with Crippen LogP contribution in [-0.2, 0) is 9.45 Å². The summed E-state index contributed by atoms with van der Waals surface area (Å²) < 4.78 is 4.51. The van der Waals surface area contributed by atoms with E-state index in [2.05, 4.69) is 4.65 Å². The van der Waals surface area contributed by atoms with E-state index in [0.29, 0.717) is 18.6 Å². The largest absolute Gasteiger partial charge is 0.707 e. The van der Waals surface area contributed by atoms with E-state index in [9.17, 15) is 4.79 Å². The predicted octanol–water partition coefficient (Wildman–Crippen LogP) is -0.391. The van der Waals surface area contributed by atoms with E-state index < -0.39 is 7.32 Å². The van der Waals surface area contributed by atoms with Crippen molar-refractivity contribution in [2.24, 2.45) is 0 Å². The van der Waals surface area contributed by atoms with Gasteiger partial charge in [-0.15, -0.1) is 0 Å². The number of ketones is 1. The van der Waals surface area contributed by atoms with Gasteiger partial charge in [0, 0.05) is 18.9 Å². The van der Waals surface area contributed by atoms with Gasteiger partial charge in [-0.3, -0.25) is 4.79 Å². The summed E-state index contributed by atoms with van der Waals surface area (Å²) in [5.74, 6) is 0.336. The van der Waals surface area contributed by atoms with Gasteiger partial charge in [0.25, 0.3) is 0 Å². The third-order valence-electron chi connectivity index (χ3n) is 1.43. The van der Waals surface area contributed by atoms with Gasteiger partial charge in [-0.1, -0.05) is 0 Å². The Labute approximate surface area is 64.7 Å². The summed E-state index contributed by atoms with van der Waals surface area (Å²) in [7, 11) is -1.81. The highest BCUT2D eigenvalue weighted by Crippen LogP contribution is 2.15. The number of carbonyl (C=O) groups excluding carboxylic acids is 1. The number of carbonyl (C=O) groups is 1. The fraction of sp³-hybridized carbons (Fsp3) is 0.500. The first-order valence-electron chi connectivity index (χ1n) is 3.44. The Balaban J connectivity index is 2.50. The van der Waals surface area contributed by atoms with Gasteiger partial charge >= 0.3 is 7.32 Å². The lowest BCUT2D eigenvalue weighted by atomic mass is 10.0. The number of allylic oxidation sites excluding steroid dienone is 2. The maximum atomic E-state index is 10.7. The minimum atomic E-state index is -1.81. The average molecular weight is 156 g/mol. The molecule has 0 atom stereocenters. The van der Waals surface area contributed by atoms with E-state index in [1.165, 1.54) is 6.08 Å². The topological polar surface area (TPSA) is 66.8 Å². The standard InChI is InChI=1S/C6H9BO4/c8-5-2-1-3-6(4-5)11-7(9)10/h4,9-10H,1-3H2. The summed E-state index contributed by atoms with van der Waals surface area (Å²) >= 11 is 0. The smallest absolute Gasteiger partial charge is 0.515 e. The van der Waals surface area contributed by atoms with Crippen LogP contribution in [0.3, 0.4) is 0 Å². The van der Waals surface area contributed by atoms with Crippen LogP contribution in [0.2, 0.25) is 0 Å². The zero-order valence-corrected chi connectivity index (χ0v) is 5.99. The molecule has 1 aliphatic rings. The summed E-state index contributed by atoms with van der Waals surface area (Å²) in [5.41, 5.74) is 0. The number of hydrogen-bond donors (Lipinski definition) is 2. The molecule has 0 aromatic rings. The van der Waals surface area contributed by atoms with Crippen molar-refractivity contribution < 1.29 is 19.5 Å². The summed E-state index contributed by atoms with van der Waals surface area (Å²) in [4.78, 5) is 10.7. The van der Waals surface area contributed by atoms with Crippen molar-refractivity contribution in [1.82, 2.24) is 0 Å². The normalized spacial score (nSPS) is 17.6. The van der Waals surface area contributed by atoms with Gasteiger partial charge < -0.3 is 14.7 Å². The first kappa shape index (κ1) is 8.29. The lowest BCUT2D eigenvalue weighted by Gasteiger charge is -2.12. The summed E-state index contributed by atoms with van der Waals surface area (Å²) in [6.07, 6.45) is 3.15. The molecule has 4 nitrogen and oxygen atoms in total. The SMILES string of the molecule is O=C1C=C(OB(O)O)CCC1. The third-order valence-corrected chi connectivity index (χ3v) is 1.43. The van der Waals surface area contributed by atoms with Crippen molar-refractivity contribution in [3.05, 3.63) is 11.8 Å². The molecular formula is C6H9BO4. The fourth-order valence-corrected chi connectivity index (χ4v) is 0.989. The maximum absolute atomic E-state index is 10.7. The molecule has 0 radical (unpaired) electrons. The molecule has 0 aromatic carbocycles. The zero-order chi connectivity index (χ0) is 8.27. The minimum absolute atomic E-state index is 0.0214. The molecule has 0 amide bonds. The van der Waals surface area contributed by atoms with E-state index in [-0.39, 0.29) is 5.78 Å². The van der Waals surface area contributed by atoms with E-state index >= 15 is 0 Å². The second kappa shape index (κ2) is 3.55. The first-order chi connectivity index (χ1) is 5.18. The van der Waals surface area contributed by atoms with Crippen LogP contribution in [0.5, 0.6) is 0 Å². The Bertz CT molecular complexity index is 187. The Morgan fingerprint density at radius 3 is 2.73 bits per heavy atom. The molecule has 1 aliphatic carbocycles. The monoisotopic (exact) mass is 156 g/mol. The summed E-state index contributed by atoms with van der Waals surface area (Å²) in [6, 6.07) is 0. The lowest BCUT2D eigenvalue weighted by molar-refractivity contribution is -0.115. The van der Waals surface area contributed by atoms with Crippen molar-refractivity contribution in [2.75, 3.05) is 0 Å². The molecule has 0 bridgehead atoms. The van der Waals surface area contributed by atoms with E-state index in [1.54, 1.807) is 0 Å². The Hall–Kier alpha value is -0.805. The molecule has 60 valence electrons. The van der Waals surface area contributed by atoms with Gasteiger partial charge in [-0.2, -0.15) is 0 Å². The molecule has 0 unspecified atom stereocenters. The molecule has 0 spiro atoms. The van der Waals surface area contributed by atoms with Crippen molar-refractivity contribution in [3.63, 3.8) is 0 Å². The van der Waals surface area contributed by atoms with Crippen molar-refractivity contribution >= 4 is 13.1 Å². The molecule has 0 aliphatic heterocycles. The molecule has 0 saturated carbocycles. The van der Waals surface area contributed by atoms with Crippen LogP contribution in [0, 0.1) is 0 Å². The third kappa shape index (κ3) is 2.73. The second-order valence-corrected chi connectivity index (χ2v) is 2.37. The molecule has 5 heteroatoms. The lowest BCUT2D eigenvalue weighted by Crippen LogP contribution is -2.18. The highest BCUT2D eigenvalue weighted by atomic mass is 16.6. The molecule has 2 N–H and O–H groups in total. The quantitative estimate of drug-likeness (QED) is 0.534. The van der Waals surface area contributed by atoms with Crippen molar-refractivity contribution in [2.45, 2.75) is 19.3 Å². The molecule has 0 aromatic heterocycles. The first-order valence-corrected chi connectivity index (χ1v) is 3.44. The molecular weight excluding hydrogens is 147 g/mol. The second-order valence-electron chi connectivity index (χ2n) is 2.37. The van der Waals surface area contributed by atoms with E-state index in [0.717, 1.165) is 6.42 Å². The zero-order valence-electron chi connectivity index (χ0n) is 5.99. The Kier molecular flexibility index (Phi) is 2.67. The van der Waals surface area contributed by atoms with Gasteiger partial charge in [-0.05, 0) is 6.42 Å². The van der Waals surface area contributed by atoms with Crippen LogP contribution < -0.4 is 0 Å². The van der Waals surface area contributed by atoms with E-state index in [1.807, 2.05) is 0 Å². The highest BCUT2D eigenvalue weighted by molar-refractivity contribution is 6.33. The van der Waals surface area contributed by atoms with Gasteiger partial charge in [-0.25, -0.2) is 0 Å². The van der Waals surface area contributed by atoms with Gasteiger partial charge in [0.2, 0.25) is 0 Å². The highest BCUT2D eigenvalue weighted by Gasteiger charge is 2.17. The molecule has 0 saturated heterocycles. The fourth-order valence-electron chi connectivity index (χ4n) is 0.989. The van der Waals surface area contributed by atoms with Crippen LogP contribution in [-0.4, -0.2) is 23.2 Å². The number of hydrogen-bond acceptors (Lipinski definition) is 4. The average Bonchev–Trinajstić information content (AvgIpc) is 1.85. The van der Waals surface area contributed by atoms with Crippen LogP contribution in [0.15, 0.2) is 11.8 Å². The van der Waals surface area contributed by atoms with Gasteiger partial charge in [0.1, 0.15) is 0 Å². The van der Waals surface area contributed by atoms with Crippen LogP contribution in [0.4, 0.5) is 0 Å². The van der Waals surface area contributed by atoms with Crippen LogP contribution in [0.1, 0.15) is 19.3 Å². The van der Waals surface area contributed by atoms with Crippen molar-refractivity contribution in [1.29, 1.82) is 0 Å². The van der Waals surface area contributed by atoms with Crippen molar-refractivity contribution in [3.8, 4) is 0 Å². The molecule has 1 rings (SSSR count). The number of rotatable bonds is 2. The Morgan fingerprint density at radius 1 is 1.45 bits per heavy atom. The summed E-state index contributed by atoms with van der Waals surface area (Å²) in [5, 5.41) is 16.7. The van der Waals surface area contributed by atoms with Crippen LogP contribution in [0.25, 0.3) is 0 Å². The summed E-state index contributed by atoms with van der Waals surface area (Å²) in [6.45, 7) is 0. The molecule has 11 heavy (non-hydrogen) atoms. The molecule has 0 heterocycles. The predicted molar refractivity (Wildman–Crippen MR) is 38.2 cm³/mol. The van der Waals surface area contributed by atoms with Crippen LogP contribution >= 0.6 is 0 Å². The van der Waals surface area contributed by atoms with Gasteiger partial charge in [0.05, 0.1) is 5.76 Å². The molecule has 0 fully saturated rings. The van der Waals surface area contributed by atoms with Gasteiger partial charge in [0.15, 0.2) is 5.78 Å². The maximum Gasteiger partial charge on any atom is 0.707 e.